The number of imidazole rings is 1. The van der Waals surface area contributed by atoms with Gasteiger partial charge in [0.15, 0.2) is 11.2 Å². The Morgan fingerprint density at radius 2 is 2.07 bits per heavy atom. The Morgan fingerprint density at radius 1 is 1.34 bits per heavy atom. The monoisotopic (exact) mass is 396 g/mol. The summed E-state index contributed by atoms with van der Waals surface area (Å²) in [4.78, 5) is 36.6. The molecule has 0 saturated carbocycles. The second-order valence-electron chi connectivity index (χ2n) is 7.06. The molecule has 1 atom stereocenters. The quantitative estimate of drug-likeness (QED) is 0.622. The lowest BCUT2D eigenvalue weighted by atomic mass is 10.1. The average Bonchev–Trinajstić information content (AvgIpc) is 3.09. The summed E-state index contributed by atoms with van der Waals surface area (Å²) in [6, 6.07) is 3.54. The first kappa shape index (κ1) is 20.3. The Hall–Kier alpha value is -3.45. The first-order valence-electron chi connectivity index (χ1n) is 9.29. The molecule has 0 amide bonds. The van der Waals surface area contributed by atoms with Crippen LogP contribution in [0.4, 0.5) is 5.95 Å². The van der Waals surface area contributed by atoms with E-state index in [0.29, 0.717) is 41.3 Å². The van der Waals surface area contributed by atoms with E-state index in [-0.39, 0.29) is 12.6 Å². The van der Waals surface area contributed by atoms with Crippen LogP contribution in [0.3, 0.4) is 0 Å². The van der Waals surface area contributed by atoms with Gasteiger partial charge in [-0.2, -0.15) is 10.2 Å². The van der Waals surface area contributed by atoms with Crippen molar-refractivity contribution >= 4 is 17.1 Å². The largest absolute Gasteiger partial charge is 0.344 e. The van der Waals surface area contributed by atoms with Gasteiger partial charge in [-0.15, -0.1) is 0 Å². The summed E-state index contributed by atoms with van der Waals surface area (Å²) >= 11 is 0. The fourth-order valence-corrected chi connectivity index (χ4v) is 3.44. The molecule has 0 saturated heterocycles. The van der Waals surface area contributed by atoms with E-state index in [0.717, 1.165) is 4.57 Å². The van der Waals surface area contributed by atoms with Gasteiger partial charge in [-0.3, -0.25) is 18.9 Å². The van der Waals surface area contributed by atoms with Gasteiger partial charge in [0.25, 0.3) is 5.56 Å². The molecule has 29 heavy (non-hydrogen) atoms. The van der Waals surface area contributed by atoms with Crippen LogP contribution in [0.25, 0.3) is 11.2 Å². The summed E-state index contributed by atoms with van der Waals surface area (Å²) in [6.07, 6.45) is 2.99. The van der Waals surface area contributed by atoms with Crippen LogP contribution in [-0.4, -0.2) is 43.3 Å². The highest BCUT2D eigenvalue weighted by molar-refractivity contribution is 5.74. The molecular formula is C19H24N8O2. The van der Waals surface area contributed by atoms with E-state index in [9.17, 15) is 14.9 Å². The van der Waals surface area contributed by atoms with Crippen LogP contribution < -0.4 is 21.9 Å². The molecule has 0 aliphatic heterocycles. The average molecular weight is 396 g/mol. The number of aromatic nitrogens is 5. The highest BCUT2D eigenvalue weighted by Gasteiger charge is 2.22. The van der Waals surface area contributed by atoms with Crippen molar-refractivity contribution in [1.82, 2.24) is 23.7 Å². The Morgan fingerprint density at radius 3 is 2.69 bits per heavy atom. The second-order valence-corrected chi connectivity index (χ2v) is 7.06. The zero-order valence-electron chi connectivity index (χ0n) is 17.0. The number of anilines is 1. The van der Waals surface area contributed by atoms with E-state index in [1.165, 1.54) is 17.0 Å². The molecule has 0 spiro atoms. The van der Waals surface area contributed by atoms with Crippen molar-refractivity contribution in [2.45, 2.75) is 33.0 Å². The second kappa shape index (κ2) is 7.89. The van der Waals surface area contributed by atoms with Crippen molar-refractivity contribution in [2.24, 2.45) is 12.8 Å². The molecule has 0 aliphatic rings. The van der Waals surface area contributed by atoms with Crippen LogP contribution in [0.5, 0.6) is 0 Å². The first-order valence-corrected chi connectivity index (χ1v) is 9.29. The maximum Gasteiger partial charge on any atom is 0.332 e. The van der Waals surface area contributed by atoms with E-state index in [1.807, 2.05) is 25.8 Å². The topological polar surface area (TPSA) is 128 Å². The van der Waals surface area contributed by atoms with Gasteiger partial charge in [-0.05, 0) is 19.9 Å². The zero-order chi connectivity index (χ0) is 21.3. The highest BCUT2D eigenvalue weighted by atomic mass is 16.2. The van der Waals surface area contributed by atoms with Crippen molar-refractivity contribution < 1.29 is 0 Å². The SMILES string of the molecule is CCn1c(N(C)CC(C)N)nc2c1c(=O)n(Cc1cnccc1C#N)c(=O)n2C. The van der Waals surface area contributed by atoms with Gasteiger partial charge in [0.2, 0.25) is 5.95 Å². The number of likely N-dealkylation sites (N-methyl/N-ethyl adjacent to an activating group) is 1. The molecule has 3 heterocycles. The number of nitriles is 1. The normalized spacial score (nSPS) is 12.1. The number of hydrogen-bond donors (Lipinski definition) is 1. The molecule has 3 rings (SSSR count). The summed E-state index contributed by atoms with van der Waals surface area (Å²) in [5.41, 5.74) is 6.48. The molecule has 10 heteroatoms. The Balaban J connectivity index is 2.25. The van der Waals surface area contributed by atoms with Crippen molar-refractivity contribution in [2.75, 3.05) is 18.5 Å². The summed E-state index contributed by atoms with van der Waals surface area (Å²) in [5.74, 6) is 0.573. The Bertz CT molecular complexity index is 1210. The van der Waals surface area contributed by atoms with Gasteiger partial charge >= 0.3 is 5.69 Å². The van der Waals surface area contributed by atoms with Crippen LogP contribution in [0.2, 0.25) is 0 Å². The maximum atomic E-state index is 13.3. The summed E-state index contributed by atoms with van der Waals surface area (Å²) in [7, 11) is 3.43. The fraction of sp³-hybridized carbons (Fsp3) is 0.421. The van der Waals surface area contributed by atoms with Crippen LogP contribution >= 0.6 is 0 Å². The third kappa shape index (κ3) is 3.52. The van der Waals surface area contributed by atoms with E-state index in [1.54, 1.807) is 17.7 Å². The lowest BCUT2D eigenvalue weighted by Crippen LogP contribution is -2.40. The van der Waals surface area contributed by atoms with E-state index >= 15 is 0 Å². The molecule has 0 aromatic carbocycles. The van der Waals surface area contributed by atoms with E-state index < -0.39 is 11.2 Å². The first-order chi connectivity index (χ1) is 13.8. The minimum atomic E-state index is -0.502. The molecule has 3 aromatic rings. The van der Waals surface area contributed by atoms with Crippen molar-refractivity contribution in [3.63, 3.8) is 0 Å². The number of nitrogens with zero attached hydrogens (tertiary/aromatic N) is 7. The molecule has 2 N–H and O–H groups in total. The summed E-state index contributed by atoms with van der Waals surface area (Å²) < 4.78 is 4.25. The van der Waals surface area contributed by atoms with Crippen LogP contribution in [0, 0.1) is 11.3 Å². The van der Waals surface area contributed by atoms with Crippen LogP contribution in [0.15, 0.2) is 28.0 Å². The van der Waals surface area contributed by atoms with Gasteiger partial charge in [0.05, 0.1) is 18.2 Å². The number of hydrogen-bond acceptors (Lipinski definition) is 7. The van der Waals surface area contributed by atoms with Crippen molar-refractivity contribution in [3.05, 3.63) is 50.4 Å². The molecule has 0 bridgehead atoms. The van der Waals surface area contributed by atoms with Gasteiger partial charge in [0.1, 0.15) is 0 Å². The number of aryl methyl sites for hydroxylation is 2. The van der Waals surface area contributed by atoms with Gasteiger partial charge in [-0.25, -0.2) is 4.79 Å². The van der Waals surface area contributed by atoms with Gasteiger partial charge < -0.3 is 15.2 Å². The third-order valence-corrected chi connectivity index (χ3v) is 4.78. The molecule has 10 nitrogen and oxygen atoms in total. The number of pyridine rings is 1. The zero-order valence-corrected chi connectivity index (χ0v) is 17.0. The molecule has 0 radical (unpaired) electrons. The molecule has 1 unspecified atom stereocenters. The predicted octanol–water partition coefficient (Wildman–Crippen LogP) is 0.0150. The molecule has 0 fully saturated rings. The smallest absolute Gasteiger partial charge is 0.332 e. The maximum absolute atomic E-state index is 13.3. The van der Waals surface area contributed by atoms with Crippen LogP contribution in [-0.2, 0) is 20.1 Å². The van der Waals surface area contributed by atoms with Gasteiger partial charge in [-0.1, -0.05) is 0 Å². The Labute approximate surface area is 167 Å². The Kier molecular flexibility index (Phi) is 5.52. The van der Waals surface area contributed by atoms with E-state index in [2.05, 4.69) is 16.0 Å². The molecular weight excluding hydrogens is 372 g/mol. The lowest BCUT2D eigenvalue weighted by Gasteiger charge is -2.20. The van der Waals surface area contributed by atoms with E-state index in [4.69, 9.17) is 5.73 Å². The number of fused-ring (bicyclic) bond motifs is 1. The number of nitrogens with two attached hydrogens (primary N) is 1. The fourth-order valence-electron chi connectivity index (χ4n) is 3.44. The van der Waals surface area contributed by atoms with Crippen molar-refractivity contribution in [1.29, 1.82) is 5.26 Å². The third-order valence-electron chi connectivity index (χ3n) is 4.78. The minimum absolute atomic E-state index is 0.0436. The summed E-state index contributed by atoms with van der Waals surface area (Å²) in [6.45, 7) is 4.80. The van der Waals surface area contributed by atoms with Crippen molar-refractivity contribution in [3.8, 4) is 6.07 Å². The predicted molar refractivity (Wildman–Crippen MR) is 110 cm³/mol. The van der Waals surface area contributed by atoms with Crippen LogP contribution in [0.1, 0.15) is 25.0 Å². The molecule has 0 aliphatic carbocycles. The lowest BCUT2D eigenvalue weighted by molar-refractivity contribution is 0.648. The standard InChI is InChI=1S/C19H24N8O2/c1-5-26-15-16(23-18(26)24(3)10-12(2)21)25(4)19(29)27(17(15)28)11-14-9-22-7-6-13(14)8-20/h6-7,9,12H,5,10-11,21H2,1-4H3. The minimum Gasteiger partial charge on any atom is -0.344 e. The number of rotatable bonds is 6. The highest BCUT2D eigenvalue weighted by Crippen LogP contribution is 2.19. The summed E-state index contributed by atoms with van der Waals surface area (Å²) in [5, 5.41) is 9.30. The van der Waals surface area contributed by atoms with Gasteiger partial charge in [0, 0.05) is 51.2 Å². The molecule has 152 valence electrons. The molecule has 3 aromatic heterocycles.